The van der Waals surface area contributed by atoms with E-state index < -0.39 is 9.84 Å². The molecular formula is C20H21N3O4S2. The van der Waals surface area contributed by atoms with E-state index in [0.29, 0.717) is 28.8 Å². The first-order chi connectivity index (χ1) is 13.7. The number of anilines is 1. The molecule has 0 atom stereocenters. The summed E-state index contributed by atoms with van der Waals surface area (Å²) in [4.78, 5) is 19.3. The monoisotopic (exact) mass is 431 g/mol. The number of hydrogen-bond acceptors (Lipinski definition) is 7. The lowest BCUT2D eigenvalue weighted by Crippen LogP contribution is -2.32. The van der Waals surface area contributed by atoms with Gasteiger partial charge >= 0.3 is 0 Å². The minimum atomic E-state index is -3.26. The Morgan fingerprint density at radius 3 is 2.52 bits per heavy atom. The molecule has 0 bridgehead atoms. The number of hydrogen-bond donors (Lipinski definition) is 0. The number of benzene rings is 1. The van der Waals surface area contributed by atoms with Gasteiger partial charge in [-0.3, -0.25) is 9.69 Å². The Labute approximate surface area is 173 Å². The molecule has 0 radical (unpaired) electrons. The van der Waals surface area contributed by atoms with Crippen LogP contribution in [0, 0.1) is 13.8 Å². The molecule has 2 heterocycles. The van der Waals surface area contributed by atoms with Crippen molar-refractivity contribution in [3.8, 4) is 11.3 Å². The van der Waals surface area contributed by atoms with Gasteiger partial charge in [0.25, 0.3) is 0 Å². The quantitative estimate of drug-likeness (QED) is 0.531. The number of rotatable bonds is 7. The second kappa shape index (κ2) is 8.30. The van der Waals surface area contributed by atoms with Crippen molar-refractivity contribution in [1.29, 1.82) is 0 Å². The van der Waals surface area contributed by atoms with Gasteiger partial charge in [-0.1, -0.05) is 23.4 Å². The van der Waals surface area contributed by atoms with Gasteiger partial charge in [-0.2, -0.15) is 0 Å². The van der Waals surface area contributed by atoms with Crippen LogP contribution < -0.4 is 4.90 Å². The number of thiazole rings is 1. The maximum absolute atomic E-state index is 12.9. The molecule has 0 aliphatic carbocycles. The van der Waals surface area contributed by atoms with Crippen molar-refractivity contribution in [2.24, 2.45) is 0 Å². The third-order valence-corrected chi connectivity index (χ3v) is 6.42. The molecule has 3 aromatic rings. The van der Waals surface area contributed by atoms with Crippen LogP contribution >= 0.6 is 11.3 Å². The molecule has 2 aromatic heterocycles. The Kier molecular flexibility index (Phi) is 5.99. The molecule has 0 aliphatic rings. The minimum absolute atomic E-state index is 0.132. The van der Waals surface area contributed by atoms with Crippen molar-refractivity contribution >= 4 is 32.2 Å². The van der Waals surface area contributed by atoms with E-state index >= 15 is 0 Å². The van der Waals surface area contributed by atoms with Crippen LogP contribution in [0.4, 0.5) is 5.13 Å². The molecule has 1 amide bonds. The molecule has 3 rings (SSSR count). The van der Waals surface area contributed by atoms with E-state index in [2.05, 4.69) is 16.7 Å². The molecule has 0 unspecified atom stereocenters. The number of aromatic nitrogens is 2. The van der Waals surface area contributed by atoms with E-state index in [-0.39, 0.29) is 17.2 Å². The molecule has 152 valence electrons. The summed E-state index contributed by atoms with van der Waals surface area (Å²) >= 11 is 1.34. The zero-order valence-electron chi connectivity index (χ0n) is 16.4. The number of aryl methyl sites for hydroxylation is 2. The molecule has 0 aliphatic heterocycles. The first-order valence-corrected chi connectivity index (χ1v) is 11.6. The van der Waals surface area contributed by atoms with Crippen molar-refractivity contribution in [3.05, 3.63) is 59.3 Å². The topological polar surface area (TPSA) is 93.4 Å². The third-order valence-electron chi connectivity index (χ3n) is 4.42. The van der Waals surface area contributed by atoms with Crippen LogP contribution in [0.1, 0.15) is 17.0 Å². The lowest BCUT2D eigenvalue weighted by Gasteiger charge is -2.18. The summed E-state index contributed by atoms with van der Waals surface area (Å²) in [6.07, 6.45) is 2.97. The predicted octanol–water partition coefficient (Wildman–Crippen LogP) is 3.58. The fourth-order valence-corrected chi connectivity index (χ4v) is 4.30. The van der Waals surface area contributed by atoms with Gasteiger partial charge in [-0.05, 0) is 26.0 Å². The normalized spacial score (nSPS) is 11.4. The van der Waals surface area contributed by atoms with Crippen molar-refractivity contribution < 1.29 is 17.7 Å². The summed E-state index contributed by atoms with van der Waals surface area (Å²) < 4.78 is 28.4. The van der Waals surface area contributed by atoms with E-state index in [1.165, 1.54) is 17.6 Å². The van der Waals surface area contributed by atoms with Crippen LogP contribution in [-0.4, -0.2) is 37.3 Å². The molecule has 9 heteroatoms. The average molecular weight is 432 g/mol. The van der Waals surface area contributed by atoms with Gasteiger partial charge in [0.15, 0.2) is 15.0 Å². The van der Waals surface area contributed by atoms with E-state index in [4.69, 9.17) is 4.52 Å². The third kappa shape index (κ3) is 4.63. The maximum Gasteiger partial charge on any atom is 0.233 e. The smallest absolute Gasteiger partial charge is 0.233 e. The molecule has 0 saturated heterocycles. The maximum atomic E-state index is 12.9. The molecular weight excluding hydrogens is 410 g/mol. The summed E-state index contributed by atoms with van der Waals surface area (Å²) in [7, 11) is -3.26. The summed E-state index contributed by atoms with van der Waals surface area (Å²) in [6, 6.07) is 6.51. The Bertz CT molecular complexity index is 1130. The Hall–Kier alpha value is -2.78. The van der Waals surface area contributed by atoms with Crippen LogP contribution in [0.15, 0.2) is 51.7 Å². The predicted molar refractivity (Wildman–Crippen MR) is 113 cm³/mol. The van der Waals surface area contributed by atoms with Crippen molar-refractivity contribution in [3.63, 3.8) is 0 Å². The van der Waals surface area contributed by atoms with Crippen molar-refractivity contribution in [2.75, 3.05) is 17.7 Å². The van der Waals surface area contributed by atoms with E-state index in [1.54, 1.807) is 49.1 Å². The number of sulfone groups is 1. The molecule has 0 N–H and O–H groups in total. The Morgan fingerprint density at radius 2 is 1.97 bits per heavy atom. The molecule has 0 fully saturated rings. The first kappa shape index (κ1) is 20.9. The molecule has 0 spiro atoms. The van der Waals surface area contributed by atoms with Crippen LogP contribution in [-0.2, 0) is 21.1 Å². The molecule has 7 nitrogen and oxygen atoms in total. The molecule has 0 saturated carbocycles. The van der Waals surface area contributed by atoms with E-state index in [1.807, 2.05) is 5.38 Å². The van der Waals surface area contributed by atoms with Crippen LogP contribution in [0.5, 0.6) is 0 Å². The lowest BCUT2D eigenvalue weighted by molar-refractivity contribution is -0.117. The van der Waals surface area contributed by atoms with Gasteiger partial charge < -0.3 is 4.52 Å². The fourth-order valence-electron chi connectivity index (χ4n) is 2.81. The zero-order valence-corrected chi connectivity index (χ0v) is 18.0. The van der Waals surface area contributed by atoms with Crippen molar-refractivity contribution in [2.45, 2.75) is 25.2 Å². The minimum Gasteiger partial charge on any atom is -0.361 e. The highest BCUT2D eigenvalue weighted by Crippen LogP contribution is 2.29. The average Bonchev–Trinajstić information content (AvgIpc) is 3.28. The molecule has 29 heavy (non-hydrogen) atoms. The van der Waals surface area contributed by atoms with E-state index in [0.717, 1.165) is 11.1 Å². The number of nitrogens with zero attached hydrogens (tertiary/aromatic N) is 3. The Balaban J connectivity index is 1.85. The number of carbonyl (C=O) groups is 1. The van der Waals surface area contributed by atoms with Crippen molar-refractivity contribution in [1.82, 2.24) is 10.1 Å². The zero-order chi connectivity index (χ0) is 21.2. The summed E-state index contributed by atoms with van der Waals surface area (Å²) in [5, 5.41) is 6.28. The van der Waals surface area contributed by atoms with Gasteiger partial charge in [0, 0.05) is 29.3 Å². The van der Waals surface area contributed by atoms with Crippen LogP contribution in [0.25, 0.3) is 11.3 Å². The SMILES string of the molecule is C=CCN(C(=O)Cc1c(C)noc1C)c1nc(-c2ccc(S(C)(=O)=O)cc2)cs1. The van der Waals surface area contributed by atoms with Gasteiger partial charge in [0.2, 0.25) is 5.91 Å². The number of carbonyl (C=O) groups excluding carboxylic acids is 1. The highest BCUT2D eigenvalue weighted by atomic mass is 32.2. The van der Waals surface area contributed by atoms with E-state index in [9.17, 15) is 13.2 Å². The van der Waals surface area contributed by atoms with Gasteiger partial charge in [0.05, 0.1) is 22.7 Å². The van der Waals surface area contributed by atoms with Gasteiger partial charge in [0.1, 0.15) is 5.76 Å². The van der Waals surface area contributed by atoms with Crippen LogP contribution in [0.2, 0.25) is 0 Å². The standard InChI is InChI=1S/C20H21N3O4S2/c1-5-10-23(19(24)11-17-13(2)22-27-14(17)3)20-21-18(12-28-20)15-6-8-16(9-7-15)29(4,25)26/h5-9,12H,1,10-11H2,2-4H3. The second-order valence-electron chi connectivity index (χ2n) is 6.58. The lowest BCUT2D eigenvalue weighted by atomic mass is 10.1. The highest BCUT2D eigenvalue weighted by Gasteiger charge is 2.22. The second-order valence-corrected chi connectivity index (χ2v) is 9.44. The Morgan fingerprint density at radius 1 is 1.28 bits per heavy atom. The highest BCUT2D eigenvalue weighted by molar-refractivity contribution is 7.90. The number of amides is 1. The van der Waals surface area contributed by atoms with Gasteiger partial charge in [-0.25, -0.2) is 13.4 Å². The van der Waals surface area contributed by atoms with Crippen LogP contribution in [0.3, 0.4) is 0 Å². The molecule has 1 aromatic carbocycles. The van der Waals surface area contributed by atoms with Gasteiger partial charge in [-0.15, -0.1) is 17.9 Å². The summed E-state index contributed by atoms with van der Waals surface area (Å²) in [6.45, 7) is 7.64. The largest absolute Gasteiger partial charge is 0.361 e. The first-order valence-electron chi connectivity index (χ1n) is 8.79. The summed E-state index contributed by atoms with van der Waals surface area (Å²) in [5.74, 6) is 0.493. The fraction of sp³-hybridized carbons (Fsp3) is 0.250. The summed E-state index contributed by atoms with van der Waals surface area (Å²) in [5.41, 5.74) is 2.92.